The number of rotatable bonds is 3. The molecule has 4 rings (SSSR count). The summed E-state index contributed by atoms with van der Waals surface area (Å²) in [5.74, 6) is 0.745. The Morgan fingerprint density at radius 3 is 3.00 bits per heavy atom. The van der Waals surface area contributed by atoms with Crippen LogP contribution in [0.2, 0.25) is 5.02 Å². The van der Waals surface area contributed by atoms with Crippen molar-refractivity contribution >= 4 is 22.9 Å². The van der Waals surface area contributed by atoms with E-state index in [0.29, 0.717) is 35.9 Å². The second-order valence-corrected chi connectivity index (χ2v) is 7.38. The van der Waals surface area contributed by atoms with Crippen LogP contribution in [0.15, 0.2) is 40.5 Å². The SMILES string of the molecule is O=c1[nH]c(-c2cccs2)nc2c1CN(Cc1cccc(Cl)c1O)CC2. The third-order valence-electron chi connectivity index (χ3n) is 4.37. The van der Waals surface area contributed by atoms with Gasteiger partial charge >= 0.3 is 0 Å². The molecule has 3 aromatic rings. The van der Waals surface area contributed by atoms with Gasteiger partial charge in [-0.1, -0.05) is 29.8 Å². The van der Waals surface area contributed by atoms with E-state index in [-0.39, 0.29) is 11.3 Å². The highest BCUT2D eigenvalue weighted by atomic mass is 35.5. The lowest BCUT2D eigenvalue weighted by Crippen LogP contribution is -2.35. The number of phenolic OH excluding ortho intramolecular Hbond substituents is 1. The Hall–Kier alpha value is -2.15. The number of nitrogens with zero attached hydrogens (tertiary/aromatic N) is 2. The van der Waals surface area contributed by atoms with Crippen LogP contribution in [0.5, 0.6) is 5.75 Å². The summed E-state index contributed by atoms with van der Waals surface area (Å²) in [5.41, 5.74) is 2.23. The van der Waals surface area contributed by atoms with Crippen molar-refractivity contribution in [3.63, 3.8) is 0 Å². The molecule has 1 aliphatic heterocycles. The zero-order valence-corrected chi connectivity index (χ0v) is 14.9. The fourth-order valence-electron chi connectivity index (χ4n) is 3.07. The highest BCUT2D eigenvalue weighted by molar-refractivity contribution is 7.13. The maximum absolute atomic E-state index is 12.5. The first kappa shape index (κ1) is 16.3. The lowest BCUT2D eigenvalue weighted by molar-refractivity contribution is 0.239. The van der Waals surface area contributed by atoms with Gasteiger partial charge in [-0.15, -0.1) is 11.3 Å². The number of nitrogens with one attached hydrogen (secondary N) is 1. The van der Waals surface area contributed by atoms with Crippen LogP contribution in [-0.4, -0.2) is 26.5 Å². The molecule has 0 saturated carbocycles. The predicted octanol–water partition coefficient (Wildman–Crippen LogP) is 3.42. The summed E-state index contributed by atoms with van der Waals surface area (Å²) in [6.07, 6.45) is 0.707. The van der Waals surface area contributed by atoms with Gasteiger partial charge in [0.1, 0.15) is 5.75 Å². The number of hydrogen-bond acceptors (Lipinski definition) is 5. The molecule has 0 bridgehead atoms. The molecular weight excluding hydrogens is 358 g/mol. The number of aromatic amines is 1. The summed E-state index contributed by atoms with van der Waals surface area (Å²) >= 11 is 7.53. The van der Waals surface area contributed by atoms with E-state index in [2.05, 4.69) is 14.9 Å². The van der Waals surface area contributed by atoms with Crippen LogP contribution in [0.4, 0.5) is 0 Å². The summed E-state index contributed by atoms with van der Waals surface area (Å²) in [6.45, 7) is 1.82. The number of para-hydroxylation sites is 1. The van der Waals surface area contributed by atoms with Crippen molar-refractivity contribution in [1.82, 2.24) is 14.9 Å². The fraction of sp³-hybridized carbons (Fsp3) is 0.222. The van der Waals surface area contributed by atoms with Crippen LogP contribution in [0.1, 0.15) is 16.8 Å². The highest BCUT2D eigenvalue weighted by Crippen LogP contribution is 2.29. The van der Waals surface area contributed by atoms with E-state index in [1.165, 1.54) is 0 Å². The van der Waals surface area contributed by atoms with E-state index in [1.807, 2.05) is 29.6 Å². The van der Waals surface area contributed by atoms with Crippen LogP contribution in [0.3, 0.4) is 0 Å². The molecule has 0 saturated heterocycles. The summed E-state index contributed by atoms with van der Waals surface area (Å²) < 4.78 is 0. The molecule has 7 heteroatoms. The molecule has 0 fully saturated rings. The van der Waals surface area contributed by atoms with Gasteiger partial charge in [0.05, 0.1) is 21.2 Å². The van der Waals surface area contributed by atoms with Crippen molar-refractivity contribution in [2.24, 2.45) is 0 Å². The van der Waals surface area contributed by atoms with Crippen LogP contribution >= 0.6 is 22.9 Å². The minimum atomic E-state index is -0.0894. The average molecular weight is 374 g/mol. The van der Waals surface area contributed by atoms with Gasteiger partial charge in [0.15, 0.2) is 5.82 Å². The van der Waals surface area contributed by atoms with Gasteiger partial charge in [-0.25, -0.2) is 4.98 Å². The van der Waals surface area contributed by atoms with Gasteiger partial charge in [0.25, 0.3) is 5.56 Å². The Balaban J connectivity index is 1.59. The third kappa shape index (κ3) is 3.20. The quantitative estimate of drug-likeness (QED) is 0.738. The maximum Gasteiger partial charge on any atom is 0.255 e. The summed E-state index contributed by atoms with van der Waals surface area (Å²) in [7, 11) is 0. The topological polar surface area (TPSA) is 69.2 Å². The van der Waals surface area contributed by atoms with E-state index in [9.17, 15) is 9.90 Å². The van der Waals surface area contributed by atoms with Gasteiger partial charge in [0.2, 0.25) is 0 Å². The summed E-state index contributed by atoms with van der Waals surface area (Å²) in [4.78, 5) is 23.1. The lowest BCUT2D eigenvalue weighted by atomic mass is 10.1. The minimum absolute atomic E-state index is 0.0894. The van der Waals surface area contributed by atoms with Crippen molar-refractivity contribution in [2.45, 2.75) is 19.5 Å². The molecule has 25 heavy (non-hydrogen) atoms. The largest absolute Gasteiger partial charge is 0.506 e. The predicted molar refractivity (Wildman–Crippen MR) is 99.1 cm³/mol. The first-order valence-electron chi connectivity index (χ1n) is 7.96. The molecule has 3 heterocycles. The number of phenols is 1. The lowest BCUT2D eigenvalue weighted by Gasteiger charge is -2.28. The first-order valence-corrected chi connectivity index (χ1v) is 9.22. The normalized spacial score (nSPS) is 14.4. The molecule has 0 atom stereocenters. The zero-order chi connectivity index (χ0) is 17.4. The Morgan fingerprint density at radius 1 is 1.32 bits per heavy atom. The number of hydrogen-bond donors (Lipinski definition) is 2. The van der Waals surface area contributed by atoms with E-state index >= 15 is 0 Å². The van der Waals surface area contributed by atoms with Gasteiger partial charge in [-0.2, -0.15) is 0 Å². The Labute approximate surface area is 153 Å². The van der Waals surface area contributed by atoms with E-state index in [0.717, 1.165) is 22.7 Å². The second kappa shape index (κ2) is 6.63. The molecule has 1 aromatic carbocycles. The van der Waals surface area contributed by atoms with Gasteiger partial charge < -0.3 is 10.1 Å². The van der Waals surface area contributed by atoms with E-state index in [1.54, 1.807) is 17.4 Å². The molecule has 1 aliphatic rings. The molecule has 0 amide bonds. The molecule has 0 aliphatic carbocycles. The van der Waals surface area contributed by atoms with Crippen molar-refractivity contribution < 1.29 is 5.11 Å². The number of H-pyrrole nitrogens is 1. The van der Waals surface area contributed by atoms with Crippen LogP contribution in [-0.2, 0) is 19.5 Å². The first-order chi connectivity index (χ1) is 12.1. The number of aromatic nitrogens is 2. The molecule has 0 unspecified atom stereocenters. The standard InChI is InChI=1S/C18H16ClN3O2S/c19-13-4-1-3-11(16(13)23)9-22-7-6-14-12(10-22)18(24)21-17(20-14)15-5-2-8-25-15/h1-5,8,23H,6-7,9-10H2,(H,20,21,24). The van der Waals surface area contributed by atoms with Crippen LogP contribution < -0.4 is 5.56 Å². The Kier molecular flexibility index (Phi) is 4.33. The maximum atomic E-state index is 12.5. The zero-order valence-electron chi connectivity index (χ0n) is 13.3. The fourth-order valence-corrected chi connectivity index (χ4v) is 3.94. The molecule has 2 N–H and O–H groups in total. The van der Waals surface area contributed by atoms with Gasteiger partial charge in [0, 0.05) is 31.6 Å². The monoisotopic (exact) mass is 373 g/mol. The molecule has 128 valence electrons. The number of halogens is 1. The van der Waals surface area contributed by atoms with Gasteiger partial charge in [-0.05, 0) is 17.5 Å². The summed E-state index contributed by atoms with van der Waals surface area (Å²) in [5, 5.41) is 12.4. The number of benzene rings is 1. The Morgan fingerprint density at radius 2 is 2.20 bits per heavy atom. The average Bonchev–Trinajstić information content (AvgIpc) is 3.14. The molecule has 0 spiro atoms. The van der Waals surface area contributed by atoms with Crippen LogP contribution in [0.25, 0.3) is 10.7 Å². The molecule has 5 nitrogen and oxygen atoms in total. The van der Waals surface area contributed by atoms with Crippen molar-refractivity contribution in [1.29, 1.82) is 0 Å². The van der Waals surface area contributed by atoms with Crippen LogP contribution in [0, 0.1) is 0 Å². The molecular formula is C18H16ClN3O2S. The number of thiophene rings is 1. The van der Waals surface area contributed by atoms with Crippen molar-refractivity contribution in [3.05, 3.63) is 67.9 Å². The second-order valence-electron chi connectivity index (χ2n) is 6.03. The number of fused-ring (bicyclic) bond motifs is 1. The third-order valence-corrected chi connectivity index (χ3v) is 5.55. The van der Waals surface area contributed by atoms with Crippen molar-refractivity contribution in [2.75, 3.05) is 6.54 Å². The minimum Gasteiger partial charge on any atom is -0.506 e. The van der Waals surface area contributed by atoms with E-state index < -0.39 is 0 Å². The van der Waals surface area contributed by atoms with Crippen molar-refractivity contribution in [3.8, 4) is 16.5 Å². The Bertz CT molecular complexity index is 969. The molecule has 2 aromatic heterocycles. The molecule has 0 radical (unpaired) electrons. The number of aromatic hydroxyl groups is 1. The highest BCUT2D eigenvalue weighted by Gasteiger charge is 2.22. The summed E-state index contributed by atoms with van der Waals surface area (Å²) in [6, 6.07) is 9.22. The van der Waals surface area contributed by atoms with Gasteiger partial charge in [-0.3, -0.25) is 9.69 Å². The van der Waals surface area contributed by atoms with E-state index in [4.69, 9.17) is 11.6 Å². The smallest absolute Gasteiger partial charge is 0.255 e.